The molecule has 0 aliphatic rings. The second-order valence-corrected chi connectivity index (χ2v) is 6.18. The molecule has 0 amide bonds. The maximum Gasteiger partial charge on any atom is 0.144 e. The van der Waals surface area contributed by atoms with Crippen molar-refractivity contribution in [3.63, 3.8) is 0 Å². The van der Waals surface area contributed by atoms with Crippen LogP contribution in [0.25, 0.3) is 11.1 Å². The van der Waals surface area contributed by atoms with Gasteiger partial charge in [0.05, 0.1) is 5.02 Å². The first-order valence-electron chi connectivity index (χ1n) is 7.72. The monoisotopic (exact) mass is 324 g/mol. The third-order valence-corrected chi connectivity index (χ3v) is 4.35. The van der Waals surface area contributed by atoms with Gasteiger partial charge in [-0.3, -0.25) is 0 Å². The Morgan fingerprint density at radius 3 is 2.04 bits per heavy atom. The van der Waals surface area contributed by atoms with Crippen LogP contribution in [-0.4, -0.2) is 0 Å². The van der Waals surface area contributed by atoms with Gasteiger partial charge in [-0.2, -0.15) is 0 Å². The predicted molar refractivity (Wildman–Crippen MR) is 95.4 cm³/mol. The molecule has 0 spiro atoms. The molecule has 0 radical (unpaired) electrons. The predicted octanol–water partition coefficient (Wildman–Crippen LogP) is 6.24. The highest BCUT2D eigenvalue weighted by Gasteiger charge is 2.06. The Morgan fingerprint density at radius 2 is 1.39 bits per heavy atom. The molecule has 3 aromatic carbocycles. The van der Waals surface area contributed by atoms with E-state index in [1.807, 2.05) is 0 Å². The van der Waals surface area contributed by atoms with E-state index in [0.29, 0.717) is 12.0 Å². The van der Waals surface area contributed by atoms with Crippen LogP contribution in [0.1, 0.15) is 16.7 Å². The van der Waals surface area contributed by atoms with Crippen LogP contribution in [0, 0.1) is 12.7 Å². The summed E-state index contributed by atoms with van der Waals surface area (Å²) in [6.45, 7) is 2.09. The Hall–Kier alpha value is -2.12. The average Bonchev–Trinajstić information content (AvgIpc) is 2.57. The van der Waals surface area contributed by atoms with Crippen LogP contribution < -0.4 is 0 Å². The van der Waals surface area contributed by atoms with Crippen LogP contribution in [0.3, 0.4) is 0 Å². The van der Waals surface area contributed by atoms with E-state index in [-0.39, 0.29) is 10.8 Å². The number of benzene rings is 3. The second-order valence-electron chi connectivity index (χ2n) is 5.78. The van der Waals surface area contributed by atoms with Crippen molar-refractivity contribution in [2.45, 2.75) is 19.8 Å². The van der Waals surface area contributed by atoms with E-state index < -0.39 is 0 Å². The Labute approximate surface area is 141 Å². The minimum atomic E-state index is -0.301. The summed E-state index contributed by atoms with van der Waals surface area (Å²) < 4.78 is 13.9. The molecule has 0 aliphatic heterocycles. The fourth-order valence-corrected chi connectivity index (χ4v) is 2.82. The molecule has 0 nitrogen and oxygen atoms in total. The highest BCUT2D eigenvalue weighted by Crippen LogP contribution is 2.22. The zero-order valence-corrected chi connectivity index (χ0v) is 13.8. The number of aryl methyl sites for hydroxylation is 3. The van der Waals surface area contributed by atoms with Gasteiger partial charge < -0.3 is 0 Å². The normalized spacial score (nSPS) is 10.7. The summed E-state index contributed by atoms with van der Waals surface area (Å²) in [5.41, 5.74) is 5.53. The van der Waals surface area contributed by atoms with Crippen molar-refractivity contribution in [3.8, 4) is 11.1 Å². The molecule has 0 atom stereocenters. The molecule has 3 aromatic rings. The van der Waals surface area contributed by atoms with Crippen molar-refractivity contribution in [3.05, 3.63) is 94.3 Å². The highest BCUT2D eigenvalue weighted by molar-refractivity contribution is 6.30. The lowest BCUT2D eigenvalue weighted by Gasteiger charge is -2.07. The fraction of sp³-hybridized carbons (Fsp3) is 0.143. The van der Waals surface area contributed by atoms with E-state index in [2.05, 4.69) is 55.5 Å². The van der Waals surface area contributed by atoms with E-state index in [0.717, 1.165) is 6.42 Å². The summed E-state index contributed by atoms with van der Waals surface area (Å²) in [4.78, 5) is 0. The molecular formula is C21H18ClF. The van der Waals surface area contributed by atoms with Crippen LogP contribution in [0.15, 0.2) is 66.7 Å². The molecule has 0 heterocycles. The third-order valence-electron chi connectivity index (χ3n) is 4.05. The molecule has 116 valence electrons. The molecule has 0 bridgehead atoms. The van der Waals surface area contributed by atoms with Gasteiger partial charge in [0, 0.05) is 0 Å². The maximum absolute atomic E-state index is 13.9. The molecule has 0 aliphatic carbocycles. The first-order valence-corrected chi connectivity index (χ1v) is 8.10. The molecule has 0 saturated heterocycles. The first kappa shape index (κ1) is 15.8. The molecule has 3 rings (SSSR count). The van der Waals surface area contributed by atoms with Gasteiger partial charge >= 0.3 is 0 Å². The van der Waals surface area contributed by atoms with E-state index in [1.54, 1.807) is 18.2 Å². The molecule has 0 fully saturated rings. The van der Waals surface area contributed by atoms with Gasteiger partial charge in [0.1, 0.15) is 5.82 Å². The van der Waals surface area contributed by atoms with Crippen LogP contribution in [0.5, 0.6) is 0 Å². The quantitative estimate of drug-likeness (QED) is 0.533. The van der Waals surface area contributed by atoms with Gasteiger partial charge in [0.2, 0.25) is 0 Å². The fourth-order valence-electron chi connectivity index (χ4n) is 2.63. The van der Waals surface area contributed by atoms with Crippen molar-refractivity contribution in [1.82, 2.24) is 0 Å². The van der Waals surface area contributed by atoms with Crippen LogP contribution >= 0.6 is 11.6 Å². The minimum absolute atomic E-state index is 0.192. The van der Waals surface area contributed by atoms with E-state index in [1.165, 1.54) is 22.3 Å². The zero-order valence-electron chi connectivity index (χ0n) is 13.0. The SMILES string of the molecule is Cc1ccc(-c2ccc(CCc3cccc(Cl)c3F)cc2)cc1. The molecule has 0 saturated carbocycles. The van der Waals surface area contributed by atoms with E-state index in [9.17, 15) is 4.39 Å². The van der Waals surface area contributed by atoms with Gasteiger partial charge in [0.25, 0.3) is 0 Å². The van der Waals surface area contributed by atoms with Gasteiger partial charge in [-0.15, -0.1) is 0 Å². The number of hydrogen-bond acceptors (Lipinski definition) is 0. The molecule has 2 heteroatoms. The van der Waals surface area contributed by atoms with E-state index >= 15 is 0 Å². The zero-order chi connectivity index (χ0) is 16.2. The molecule has 0 aromatic heterocycles. The summed E-state index contributed by atoms with van der Waals surface area (Å²) in [7, 11) is 0. The molecule has 0 N–H and O–H groups in total. The van der Waals surface area contributed by atoms with E-state index in [4.69, 9.17) is 11.6 Å². The van der Waals surface area contributed by atoms with Gasteiger partial charge in [-0.25, -0.2) is 4.39 Å². The molecule has 23 heavy (non-hydrogen) atoms. The number of rotatable bonds is 4. The van der Waals surface area contributed by atoms with Crippen LogP contribution in [0.2, 0.25) is 5.02 Å². The van der Waals surface area contributed by atoms with Crippen LogP contribution in [0.4, 0.5) is 4.39 Å². The Kier molecular flexibility index (Phi) is 4.78. The van der Waals surface area contributed by atoms with Crippen molar-refractivity contribution >= 4 is 11.6 Å². The molecule has 0 unspecified atom stereocenters. The summed E-state index contributed by atoms with van der Waals surface area (Å²) >= 11 is 5.82. The second kappa shape index (κ2) is 6.97. The van der Waals surface area contributed by atoms with Crippen molar-refractivity contribution < 1.29 is 4.39 Å². The Bertz CT molecular complexity index is 789. The van der Waals surface area contributed by atoms with Crippen molar-refractivity contribution in [2.24, 2.45) is 0 Å². The smallest absolute Gasteiger partial charge is 0.144 e. The van der Waals surface area contributed by atoms with Gasteiger partial charge in [-0.05, 0) is 48.1 Å². The Morgan fingerprint density at radius 1 is 0.783 bits per heavy atom. The lowest BCUT2D eigenvalue weighted by molar-refractivity contribution is 0.609. The summed E-state index contributed by atoms with van der Waals surface area (Å²) in [5, 5.41) is 0.192. The lowest BCUT2D eigenvalue weighted by atomic mass is 9.99. The number of hydrogen-bond donors (Lipinski definition) is 0. The number of halogens is 2. The Balaban J connectivity index is 1.70. The van der Waals surface area contributed by atoms with Gasteiger partial charge in [0.15, 0.2) is 0 Å². The summed E-state index contributed by atoms with van der Waals surface area (Å²) in [6, 6.07) is 22.1. The van der Waals surface area contributed by atoms with Gasteiger partial charge in [-0.1, -0.05) is 77.8 Å². The summed E-state index contributed by atoms with van der Waals surface area (Å²) in [5.74, 6) is -0.301. The maximum atomic E-state index is 13.9. The average molecular weight is 325 g/mol. The van der Waals surface area contributed by atoms with Crippen molar-refractivity contribution in [2.75, 3.05) is 0 Å². The standard InChI is InChI=1S/C21H18ClF/c1-15-5-10-17(11-6-15)18-12-7-16(8-13-18)9-14-19-3-2-4-20(22)21(19)23/h2-8,10-13H,9,14H2,1H3. The largest absolute Gasteiger partial charge is 0.205 e. The highest BCUT2D eigenvalue weighted by atomic mass is 35.5. The first-order chi connectivity index (χ1) is 11.1. The van der Waals surface area contributed by atoms with Crippen molar-refractivity contribution in [1.29, 1.82) is 0 Å². The summed E-state index contributed by atoms with van der Waals surface area (Å²) in [6.07, 6.45) is 1.45. The third kappa shape index (κ3) is 3.80. The van der Waals surface area contributed by atoms with Crippen LogP contribution in [-0.2, 0) is 12.8 Å². The lowest BCUT2D eigenvalue weighted by Crippen LogP contribution is -1.95. The topological polar surface area (TPSA) is 0 Å². The molecular weight excluding hydrogens is 307 g/mol. The minimum Gasteiger partial charge on any atom is -0.205 e.